The number of ether oxygens (including phenoxy) is 1. The number of hydrogen-bond donors (Lipinski definition) is 1. The van der Waals surface area contributed by atoms with Crippen LogP contribution in [0.2, 0.25) is 0 Å². The van der Waals surface area contributed by atoms with Crippen LogP contribution in [0.4, 0.5) is 4.79 Å². The molecule has 0 bridgehead atoms. The third kappa shape index (κ3) is 5.33. The topological polar surface area (TPSA) is 41.6 Å². The summed E-state index contributed by atoms with van der Waals surface area (Å²) in [4.78, 5) is 14.1. The van der Waals surface area contributed by atoms with Gasteiger partial charge in [0, 0.05) is 32.6 Å². The molecule has 0 saturated heterocycles. The van der Waals surface area contributed by atoms with Crippen molar-refractivity contribution >= 4 is 6.09 Å². The van der Waals surface area contributed by atoms with Gasteiger partial charge in [0.05, 0.1) is 0 Å². The van der Waals surface area contributed by atoms with Crippen LogP contribution in [0.25, 0.3) is 0 Å². The van der Waals surface area contributed by atoms with Crippen LogP contribution in [-0.4, -0.2) is 30.2 Å². The van der Waals surface area contributed by atoms with Crippen LogP contribution in [0, 0.1) is 0 Å². The van der Waals surface area contributed by atoms with Crippen molar-refractivity contribution in [2.24, 2.45) is 0 Å². The molecule has 0 spiro atoms. The molecule has 1 amide bonds. The van der Waals surface area contributed by atoms with Gasteiger partial charge < -0.3 is 10.1 Å². The highest BCUT2D eigenvalue weighted by atomic mass is 16.6. The van der Waals surface area contributed by atoms with Crippen molar-refractivity contribution in [1.82, 2.24) is 10.2 Å². The van der Waals surface area contributed by atoms with Gasteiger partial charge in [0.15, 0.2) is 0 Å². The third-order valence-corrected chi connectivity index (χ3v) is 5.05. The number of benzene rings is 2. The number of rotatable bonds is 6. The van der Waals surface area contributed by atoms with Gasteiger partial charge in [-0.25, -0.2) is 4.79 Å². The average molecular weight is 352 g/mol. The fourth-order valence-electron chi connectivity index (χ4n) is 3.72. The lowest BCUT2D eigenvalue weighted by atomic mass is 9.91. The summed E-state index contributed by atoms with van der Waals surface area (Å²) in [6, 6.07) is 21.6. The summed E-state index contributed by atoms with van der Waals surface area (Å²) in [5.74, 6) is 0. The van der Waals surface area contributed by atoms with Gasteiger partial charge in [-0.15, -0.1) is 0 Å². The molecule has 0 unspecified atom stereocenters. The van der Waals surface area contributed by atoms with E-state index in [0.717, 1.165) is 38.8 Å². The summed E-state index contributed by atoms with van der Waals surface area (Å²) >= 11 is 0. The molecule has 2 aromatic rings. The van der Waals surface area contributed by atoms with Crippen molar-refractivity contribution in [3.63, 3.8) is 0 Å². The summed E-state index contributed by atoms with van der Waals surface area (Å²) in [5, 5.41) is 2.56. The number of carbonyl (C=O) groups is 1. The van der Waals surface area contributed by atoms with Gasteiger partial charge in [0.1, 0.15) is 6.10 Å². The van der Waals surface area contributed by atoms with Crippen molar-refractivity contribution < 1.29 is 9.53 Å². The van der Waals surface area contributed by atoms with E-state index in [1.807, 2.05) is 0 Å². The molecule has 1 fully saturated rings. The Kier molecular flexibility index (Phi) is 6.67. The highest BCUT2D eigenvalue weighted by molar-refractivity contribution is 5.66. The van der Waals surface area contributed by atoms with E-state index >= 15 is 0 Å². The molecular weight excluding hydrogens is 324 g/mol. The smallest absolute Gasteiger partial charge is 0.407 e. The Morgan fingerprint density at radius 1 is 1.00 bits per heavy atom. The lowest BCUT2D eigenvalue weighted by Crippen LogP contribution is -2.41. The zero-order chi connectivity index (χ0) is 18.2. The van der Waals surface area contributed by atoms with Crippen LogP contribution in [0.3, 0.4) is 0 Å². The van der Waals surface area contributed by atoms with Gasteiger partial charge in [-0.2, -0.15) is 0 Å². The van der Waals surface area contributed by atoms with Crippen LogP contribution in [-0.2, 0) is 17.8 Å². The van der Waals surface area contributed by atoms with Gasteiger partial charge in [-0.1, -0.05) is 60.7 Å². The Bertz CT molecular complexity index is 634. The number of carbonyl (C=O) groups excluding carboxylic acids is 1. The van der Waals surface area contributed by atoms with E-state index < -0.39 is 0 Å². The number of hydrogen-bond acceptors (Lipinski definition) is 3. The molecule has 3 rings (SSSR count). The molecule has 138 valence electrons. The minimum atomic E-state index is -0.326. The molecule has 1 aliphatic rings. The van der Waals surface area contributed by atoms with Gasteiger partial charge in [-0.05, 0) is 30.4 Å². The Morgan fingerprint density at radius 3 is 2.12 bits per heavy atom. The zero-order valence-electron chi connectivity index (χ0n) is 15.4. The fourth-order valence-corrected chi connectivity index (χ4v) is 3.72. The van der Waals surface area contributed by atoms with Crippen LogP contribution >= 0.6 is 0 Å². The molecule has 1 saturated carbocycles. The van der Waals surface area contributed by atoms with Gasteiger partial charge >= 0.3 is 6.09 Å². The van der Waals surface area contributed by atoms with Gasteiger partial charge in [0.2, 0.25) is 0 Å². The first-order valence-electron chi connectivity index (χ1n) is 9.45. The van der Waals surface area contributed by atoms with E-state index in [1.54, 1.807) is 7.05 Å². The van der Waals surface area contributed by atoms with E-state index in [-0.39, 0.29) is 12.2 Å². The molecular formula is C22H28N2O2. The van der Waals surface area contributed by atoms with E-state index in [0.29, 0.717) is 6.04 Å². The summed E-state index contributed by atoms with van der Waals surface area (Å²) in [7, 11) is 1.61. The molecule has 2 aromatic carbocycles. The zero-order valence-corrected chi connectivity index (χ0v) is 15.4. The van der Waals surface area contributed by atoms with Crippen molar-refractivity contribution in [3.8, 4) is 0 Å². The Balaban J connectivity index is 1.72. The molecule has 2 atom stereocenters. The van der Waals surface area contributed by atoms with Crippen molar-refractivity contribution in [1.29, 1.82) is 0 Å². The standard InChI is InChI=1S/C22H28N2O2/c1-23-22(25)26-21-14-8-13-20(15-21)24(16-18-9-4-2-5-10-18)17-19-11-6-3-7-12-19/h2-7,9-12,20-21H,8,13-17H2,1H3,(H,23,25)/t20-,21+/m1/s1. The van der Waals surface area contributed by atoms with Crippen LogP contribution in [0.1, 0.15) is 36.8 Å². The lowest BCUT2D eigenvalue weighted by molar-refractivity contribution is 0.0343. The predicted molar refractivity (Wildman–Crippen MR) is 104 cm³/mol. The SMILES string of the molecule is CNC(=O)O[C@H]1CCC[C@@H](N(Cc2ccccc2)Cc2ccccc2)C1. The molecule has 1 aliphatic carbocycles. The second kappa shape index (κ2) is 9.39. The average Bonchev–Trinajstić information content (AvgIpc) is 2.69. The largest absolute Gasteiger partial charge is 0.446 e. The molecule has 0 aromatic heterocycles. The highest BCUT2D eigenvalue weighted by Gasteiger charge is 2.29. The van der Waals surface area contributed by atoms with Crippen molar-refractivity contribution in [2.45, 2.75) is 50.9 Å². The summed E-state index contributed by atoms with van der Waals surface area (Å²) in [6.07, 6.45) is 3.76. The number of amides is 1. The first-order chi connectivity index (χ1) is 12.7. The maximum atomic E-state index is 11.6. The Labute approximate surface area is 156 Å². The molecule has 4 nitrogen and oxygen atoms in total. The van der Waals surface area contributed by atoms with Crippen LogP contribution < -0.4 is 5.32 Å². The summed E-state index contributed by atoms with van der Waals surface area (Å²) in [5.41, 5.74) is 2.63. The van der Waals surface area contributed by atoms with E-state index in [9.17, 15) is 4.79 Å². The highest BCUT2D eigenvalue weighted by Crippen LogP contribution is 2.28. The predicted octanol–water partition coefficient (Wildman–Crippen LogP) is 4.36. The minimum absolute atomic E-state index is 0.00254. The summed E-state index contributed by atoms with van der Waals surface area (Å²) < 4.78 is 5.54. The van der Waals surface area contributed by atoms with Crippen LogP contribution in [0.15, 0.2) is 60.7 Å². The maximum absolute atomic E-state index is 11.6. The quantitative estimate of drug-likeness (QED) is 0.840. The van der Waals surface area contributed by atoms with Gasteiger partial charge in [0.25, 0.3) is 0 Å². The second-order valence-electron chi connectivity index (χ2n) is 6.97. The fraction of sp³-hybridized carbons (Fsp3) is 0.409. The number of nitrogens with zero attached hydrogens (tertiary/aromatic N) is 1. The second-order valence-corrected chi connectivity index (χ2v) is 6.97. The van der Waals surface area contributed by atoms with E-state index in [1.165, 1.54) is 11.1 Å². The van der Waals surface area contributed by atoms with Crippen molar-refractivity contribution in [2.75, 3.05) is 7.05 Å². The molecule has 26 heavy (non-hydrogen) atoms. The van der Waals surface area contributed by atoms with E-state index in [4.69, 9.17) is 4.74 Å². The molecule has 0 radical (unpaired) electrons. The number of alkyl carbamates (subject to hydrolysis) is 1. The first kappa shape index (κ1) is 18.5. The first-order valence-corrected chi connectivity index (χ1v) is 9.45. The van der Waals surface area contributed by atoms with Gasteiger partial charge in [-0.3, -0.25) is 4.90 Å². The Hall–Kier alpha value is -2.33. The maximum Gasteiger partial charge on any atom is 0.407 e. The Morgan fingerprint density at radius 2 is 1.58 bits per heavy atom. The normalized spacial score (nSPS) is 19.9. The van der Waals surface area contributed by atoms with E-state index in [2.05, 4.69) is 70.9 Å². The monoisotopic (exact) mass is 352 g/mol. The molecule has 0 aliphatic heterocycles. The number of nitrogens with one attached hydrogen (secondary N) is 1. The molecule has 0 heterocycles. The molecule has 4 heteroatoms. The van der Waals surface area contributed by atoms with Crippen LogP contribution in [0.5, 0.6) is 0 Å². The minimum Gasteiger partial charge on any atom is -0.446 e. The lowest BCUT2D eigenvalue weighted by Gasteiger charge is -2.37. The molecule has 1 N–H and O–H groups in total. The third-order valence-electron chi connectivity index (χ3n) is 5.05. The summed E-state index contributed by atoms with van der Waals surface area (Å²) in [6.45, 7) is 1.82. The van der Waals surface area contributed by atoms with Crippen molar-refractivity contribution in [3.05, 3.63) is 71.8 Å².